The molecule has 0 amide bonds. The minimum atomic E-state index is -0.285. The summed E-state index contributed by atoms with van der Waals surface area (Å²) in [7, 11) is 0. The van der Waals surface area contributed by atoms with E-state index in [1.54, 1.807) is 6.07 Å². The SMILES string of the molecule is CSc1cc(F)ccc1-c1ccccc(C(C)(C)C)c1=O. The van der Waals surface area contributed by atoms with Crippen LogP contribution in [0.25, 0.3) is 11.1 Å². The van der Waals surface area contributed by atoms with Crippen LogP contribution in [0.3, 0.4) is 0 Å². The van der Waals surface area contributed by atoms with Crippen molar-refractivity contribution < 1.29 is 4.39 Å². The molecule has 1 nitrogen and oxygen atoms in total. The third-order valence-electron chi connectivity index (χ3n) is 3.39. The maximum absolute atomic E-state index is 13.4. The lowest BCUT2D eigenvalue weighted by molar-refractivity contribution is 0.586. The fraction of sp³-hybridized carbons (Fsp3) is 0.278. The van der Waals surface area contributed by atoms with Gasteiger partial charge in [0.1, 0.15) is 5.82 Å². The smallest absolute Gasteiger partial charge is 0.190 e. The minimum Gasteiger partial charge on any atom is -0.289 e. The summed E-state index contributed by atoms with van der Waals surface area (Å²) in [5.41, 5.74) is 1.95. The Kier molecular flexibility index (Phi) is 4.52. The van der Waals surface area contributed by atoms with E-state index in [0.29, 0.717) is 5.56 Å². The minimum absolute atomic E-state index is 0.00871. The van der Waals surface area contributed by atoms with E-state index in [-0.39, 0.29) is 16.7 Å². The first-order chi connectivity index (χ1) is 9.84. The van der Waals surface area contributed by atoms with Crippen LogP contribution >= 0.6 is 11.8 Å². The lowest BCUT2D eigenvalue weighted by Crippen LogP contribution is -2.22. The topological polar surface area (TPSA) is 17.1 Å². The summed E-state index contributed by atoms with van der Waals surface area (Å²) in [6.45, 7) is 6.06. The molecular weight excluding hydrogens is 283 g/mol. The number of rotatable bonds is 2. The first-order valence-corrected chi connectivity index (χ1v) is 8.05. The number of benzene rings is 1. The molecule has 0 radical (unpaired) electrons. The van der Waals surface area contributed by atoms with Crippen LogP contribution in [0.2, 0.25) is 0 Å². The maximum atomic E-state index is 13.4. The molecule has 110 valence electrons. The van der Waals surface area contributed by atoms with E-state index in [2.05, 4.69) is 0 Å². The van der Waals surface area contributed by atoms with Crippen LogP contribution in [-0.2, 0) is 5.41 Å². The Morgan fingerprint density at radius 2 is 1.67 bits per heavy atom. The van der Waals surface area contributed by atoms with Gasteiger partial charge in [-0.25, -0.2) is 4.39 Å². The molecule has 3 heteroatoms. The molecule has 0 saturated heterocycles. The van der Waals surface area contributed by atoms with Crippen LogP contribution in [0.1, 0.15) is 26.3 Å². The van der Waals surface area contributed by atoms with Crippen molar-refractivity contribution in [2.45, 2.75) is 31.1 Å². The molecule has 2 rings (SSSR count). The second-order valence-corrected chi connectivity index (χ2v) is 6.82. The van der Waals surface area contributed by atoms with Crippen molar-refractivity contribution >= 4 is 11.8 Å². The Hall–Kier alpha value is -1.61. The lowest BCUT2D eigenvalue weighted by Gasteiger charge is -2.17. The van der Waals surface area contributed by atoms with Gasteiger partial charge in [-0.2, -0.15) is 0 Å². The number of thioether (sulfide) groups is 1. The van der Waals surface area contributed by atoms with E-state index in [0.717, 1.165) is 16.0 Å². The van der Waals surface area contributed by atoms with Gasteiger partial charge >= 0.3 is 0 Å². The molecule has 0 heterocycles. The fourth-order valence-electron chi connectivity index (χ4n) is 2.29. The van der Waals surface area contributed by atoms with Gasteiger partial charge in [0.15, 0.2) is 5.43 Å². The van der Waals surface area contributed by atoms with Gasteiger partial charge in [-0.3, -0.25) is 4.79 Å². The summed E-state index contributed by atoms with van der Waals surface area (Å²) < 4.78 is 13.4. The average molecular weight is 302 g/mol. The third-order valence-corrected chi connectivity index (χ3v) is 4.17. The summed E-state index contributed by atoms with van der Waals surface area (Å²) in [6, 6.07) is 12.0. The van der Waals surface area contributed by atoms with Crippen molar-refractivity contribution in [2.24, 2.45) is 0 Å². The van der Waals surface area contributed by atoms with E-state index in [4.69, 9.17) is 0 Å². The van der Waals surface area contributed by atoms with Gasteiger partial charge in [0.25, 0.3) is 0 Å². The normalized spacial score (nSPS) is 11.5. The second-order valence-electron chi connectivity index (χ2n) is 5.97. The van der Waals surface area contributed by atoms with Crippen LogP contribution in [-0.4, -0.2) is 6.26 Å². The summed E-state index contributed by atoms with van der Waals surface area (Å²) in [4.78, 5) is 13.6. The van der Waals surface area contributed by atoms with Gasteiger partial charge in [-0.1, -0.05) is 51.1 Å². The van der Waals surface area contributed by atoms with Gasteiger partial charge in [0.05, 0.1) is 0 Å². The quantitative estimate of drug-likeness (QED) is 0.736. The molecule has 0 aliphatic heterocycles. The van der Waals surface area contributed by atoms with Crippen LogP contribution in [0.4, 0.5) is 4.39 Å². The maximum Gasteiger partial charge on any atom is 0.190 e. The molecule has 0 bridgehead atoms. The summed E-state index contributed by atoms with van der Waals surface area (Å²) >= 11 is 1.44. The zero-order chi connectivity index (χ0) is 15.6. The van der Waals surface area contributed by atoms with Crippen LogP contribution in [0.15, 0.2) is 52.2 Å². The monoisotopic (exact) mass is 302 g/mol. The van der Waals surface area contributed by atoms with Gasteiger partial charge in [0.2, 0.25) is 0 Å². The highest BCUT2D eigenvalue weighted by atomic mass is 32.2. The molecule has 0 aliphatic carbocycles. The van der Waals surface area contributed by atoms with E-state index in [1.165, 1.54) is 23.9 Å². The first kappa shape index (κ1) is 15.8. The molecule has 0 unspecified atom stereocenters. The molecular formula is C18H19FOS. The standard InChI is InChI=1S/C18H19FOS/c1-18(2,3)15-8-6-5-7-14(17(15)20)13-10-9-12(19)11-16(13)21-4/h5-11H,1-4H3. The lowest BCUT2D eigenvalue weighted by atomic mass is 9.86. The Labute approximate surface area is 129 Å². The van der Waals surface area contributed by atoms with Crippen LogP contribution in [0.5, 0.6) is 0 Å². The molecule has 0 aromatic heterocycles. The summed E-state index contributed by atoms with van der Waals surface area (Å²) in [5.74, 6) is -0.285. The molecule has 0 fully saturated rings. The zero-order valence-corrected chi connectivity index (χ0v) is 13.6. The Morgan fingerprint density at radius 3 is 2.29 bits per heavy atom. The largest absolute Gasteiger partial charge is 0.289 e. The molecule has 2 aromatic rings. The summed E-state index contributed by atoms with van der Waals surface area (Å²) in [5, 5.41) is 0. The van der Waals surface area contributed by atoms with E-state index in [1.807, 2.05) is 51.3 Å². The molecule has 0 aliphatic rings. The highest BCUT2D eigenvalue weighted by Gasteiger charge is 2.19. The summed E-state index contributed by atoms with van der Waals surface area (Å²) in [6.07, 6.45) is 1.89. The van der Waals surface area contributed by atoms with Gasteiger partial charge in [0, 0.05) is 16.0 Å². The second kappa shape index (κ2) is 6.02. The average Bonchev–Trinajstić information content (AvgIpc) is 2.60. The Morgan fingerprint density at radius 1 is 1.00 bits per heavy atom. The van der Waals surface area contributed by atoms with Crippen LogP contribution in [0, 0.1) is 5.82 Å². The van der Waals surface area contributed by atoms with Crippen molar-refractivity contribution in [1.82, 2.24) is 0 Å². The molecule has 0 spiro atoms. The number of hydrogen-bond acceptors (Lipinski definition) is 2. The van der Waals surface area contributed by atoms with Crippen molar-refractivity contribution in [1.29, 1.82) is 0 Å². The molecule has 0 atom stereocenters. The Bertz CT molecular complexity index is 717. The zero-order valence-electron chi connectivity index (χ0n) is 12.7. The van der Waals surface area contributed by atoms with Gasteiger partial charge < -0.3 is 0 Å². The number of halogens is 1. The fourth-order valence-corrected chi connectivity index (χ4v) is 2.92. The van der Waals surface area contributed by atoms with Crippen LogP contribution < -0.4 is 5.43 Å². The van der Waals surface area contributed by atoms with Crippen molar-refractivity contribution in [2.75, 3.05) is 6.26 Å². The van der Waals surface area contributed by atoms with E-state index >= 15 is 0 Å². The third kappa shape index (κ3) is 3.35. The van der Waals surface area contributed by atoms with Crippen molar-refractivity contribution in [3.05, 3.63) is 64.1 Å². The molecule has 2 aromatic carbocycles. The molecule has 21 heavy (non-hydrogen) atoms. The highest BCUT2D eigenvalue weighted by molar-refractivity contribution is 7.98. The van der Waals surface area contributed by atoms with Gasteiger partial charge in [-0.15, -0.1) is 11.8 Å². The predicted octanol–water partition coefficient (Wildman–Crippen LogP) is 4.87. The predicted molar refractivity (Wildman–Crippen MR) is 88.6 cm³/mol. The van der Waals surface area contributed by atoms with Gasteiger partial charge in [-0.05, 0) is 29.4 Å². The van der Waals surface area contributed by atoms with E-state index in [9.17, 15) is 9.18 Å². The highest BCUT2D eigenvalue weighted by Crippen LogP contribution is 2.30. The van der Waals surface area contributed by atoms with Crippen molar-refractivity contribution in [3.63, 3.8) is 0 Å². The van der Waals surface area contributed by atoms with Crippen molar-refractivity contribution in [3.8, 4) is 11.1 Å². The molecule has 0 saturated carbocycles. The molecule has 0 N–H and O–H groups in total. The number of hydrogen-bond donors (Lipinski definition) is 0. The first-order valence-electron chi connectivity index (χ1n) is 6.82. The van der Waals surface area contributed by atoms with E-state index < -0.39 is 0 Å². The Balaban J connectivity index is 2.78.